The second-order valence-electron chi connectivity index (χ2n) is 4.68. The van der Waals surface area contributed by atoms with Crippen molar-refractivity contribution in [2.75, 3.05) is 19.6 Å². The first-order chi connectivity index (χ1) is 9.16. The van der Waals surface area contributed by atoms with Crippen molar-refractivity contribution in [1.29, 1.82) is 0 Å². The molecule has 2 heterocycles. The zero-order valence-electron chi connectivity index (χ0n) is 10.7. The van der Waals surface area contributed by atoms with Crippen molar-refractivity contribution >= 4 is 23.2 Å². The number of thiophene rings is 1. The molecule has 0 aliphatic carbocycles. The van der Waals surface area contributed by atoms with E-state index in [0.29, 0.717) is 39.0 Å². The summed E-state index contributed by atoms with van der Waals surface area (Å²) < 4.78 is 0. The van der Waals surface area contributed by atoms with Crippen LogP contribution in [0.15, 0.2) is 17.5 Å². The van der Waals surface area contributed by atoms with Crippen LogP contribution in [0.1, 0.15) is 17.7 Å². The first-order valence-corrected chi connectivity index (χ1v) is 7.28. The van der Waals surface area contributed by atoms with Crippen molar-refractivity contribution in [3.05, 3.63) is 22.4 Å². The second-order valence-corrected chi connectivity index (χ2v) is 5.71. The SMILES string of the molecule is O=C(O)C1CCN(C(=O)CNCc2cccs2)CC1. The Balaban J connectivity index is 1.68. The van der Waals surface area contributed by atoms with Crippen molar-refractivity contribution in [2.24, 2.45) is 5.92 Å². The molecule has 1 aromatic rings. The van der Waals surface area contributed by atoms with Crippen LogP contribution in [0.3, 0.4) is 0 Å². The van der Waals surface area contributed by atoms with Crippen molar-refractivity contribution in [2.45, 2.75) is 19.4 Å². The number of likely N-dealkylation sites (tertiary alicyclic amines) is 1. The van der Waals surface area contributed by atoms with Gasteiger partial charge in [0.15, 0.2) is 0 Å². The average Bonchev–Trinajstić information content (AvgIpc) is 2.92. The lowest BCUT2D eigenvalue weighted by Crippen LogP contribution is -2.43. The average molecular weight is 282 g/mol. The predicted octanol–water partition coefficient (Wildman–Crippen LogP) is 1.16. The van der Waals surface area contributed by atoms with E-state index in [4.69, 9.17) is 5.11 Å². The van der Waals surface area contributed by atoms with E-state index in [1.165, 1.54) is 4.88 Å². The minimum Gasteiger partial charge on any atom is -0.481 e. The minimum atomic E-state index is -0.747. The highest BCUT2D eigenvalue weighted by Crippen LogP contribution is 2.17. The van der Waals surface area contributed by atoms with Gasteiger partial charge in [0.1, 0.15) is 0 Å². The zero-order valence-corrected chi connectivity index (χ0v) is 11.5. The lowest BCUT2D eigenvalue weighted by atomic mass is 9.97. The molecule has 2 N–H and O–H groups in total. The number of nitrogens with one attached hydrogen (secondary N) is 1. The van der Waals surface area contributed by atoms with Gasteiger partial charge in [0.2, 0.25) is 5.91 Å². The molecule has 1 fully saturated rings. The topological polar surface area (TPSA) is 69.6 Å². The largest absolute Gasteiger partial charge is 0.481 e. The fraction of sp³-hybridized carbons (Fsp3) is 0.538. The number of nitrogens with zero attached hydrogens (tertiary/aromatic N) is 1. The van der Waals surface area contributed by atoms with Crippen LogP contribution in [0.2, 0.25) is 0 Å². The molecule has 1 saturated heterocycles. The fourth-order valence-electron chi connectivity index (χ4n) is 2.19. The Kier molecular flexibility index (Phi) is 4.93. The molecule has 104 valence electrons. The standard InChI is InChI=1S/C13H18N2O3S/c16-12(9-14-8-11-2-1-7-19-11)15-5-3-10(4-6-15)13(17)18/h1-2,7,10,14H,3-6,8-9H2,(H,17,18). The summed E-state index contributed by atoms with van der Waals surface area (Å²) >= 11 is 1.66. The van der Waals surface area contributed by atoms with Crippen LogP contribution in [-0.2, 0) is 16.1 Å². The quantitative estimate of drug-likeness (QED) is 0.850. The van der Waals surface area contributed by atoms with E-state index >= 15 is 0 Å². The Morgan fingerprint density at radius 1 is 1.42 bits per heavy atom. The van der Waals surface area contributed by atoms with Crippen molar-refractivity contribution in [3.8, 4) is 0 Å². The molecule has 1 aliphatic rings. The molecule has 0 spiro atoms. The highest BCUT2D eigenvalue weighted by molar-refractivity contribution is 7.09. The third kappa shape index (κ3) is 4.04. The number of rotatable bonds is 5. The van der Waals surface area contributed by atoms with Crippen LogP contribution in [-0.4, -0.2) is 41.5 Å². The van der Waals surface area contributed by atoms with Crippen molar-refractivity contribution in [3.63, 3.8) is 0 Å². The third-order valence-electron chi connectivity index (χ3n) is 3.35. The van der Waals surface area contributed by atoms with Crippen LogP contribution in [0, 0.1) is 5.92 Å². The van der Waals surface area contributed by atoms with Gasteiger partial charge in [-0.2, -0.15) is 0 Å². The summed E-state index contributed by atoms with van der Waals surface area (Å²) in [6, 6.07) is 4.01. The van der Waals surface area contributed by atoms with E-state index in [1.807, 2.05) is 17.5 Å². The highest BCUT2D eigenvalue weighted by Gasteiger charge is 2.26. The number of amides is 1. The molecule has 1 amide bonds. The number of piperidine rings is 1. The maximum Gasteiger partial charge on any atom is 0.306 e. The van der Waals surface area contributed by atoms with E-state index < -0.39 is 5.97 Å². The van der Waals surface area contributed by atoms with E-state index in [2.05, 4.69) is 5.32 Å². The third-order valence-corrected chi connectivity index (χ3v) is 4.23. The molecule has 5 nitrogen and oxygen atoms in total. The van der Waals surface area contributed by atoms with Crippen LogP contribution < -0.4 is 5.32 Å². The number of carboxylic acids is 1. The minimum absolute atomic E-state index is 0.0559. The first-order valence-electron chi connectivity index (χ1n) is 6.40. The number of hydrogen-bond donors (Lipinski definition) is 2. The van der Waals surface area contributed by atoms with Crippen molar-refractivity contribution < 1.29 is 14.7 Å². The van der Waals surface area contributed by atoms with Gasteiger partial charge in [0.25, 0.3) is 0 Å². The van der Waals surface area contributed by atoms with E-state index in [-0.39, 0.29) is 11.8 Å². The monoisotopic (exact) mass is 282 g/mol. The number of carbonyl (C=O) groups excluding carboxylic acids is 1. The summed E-state index contributed by atoms with van der Waals surface area (Å²) in [6.07, 6.45) is 1.12. The Hall–Kier alpha value is -1.40. The molecule has 6 heteroatoms. The van der Waals surface area contributed by atoms with Gasteiger partial charge in [-0.3, -0.25) is 9.59 Å². The Bertz CT molecular complexity index is 425. The summed E-state index contributed by atoms with van der Waals surface area (Å²) in [6.45, 7) is 2.12. The zero-order chi connectivity index (χ0) is 13.7. The molecule has 0 unspecified atom stereocenters. The second kappa shape index (κ2) is 6.68. The first kappa shape index (κ1) is 14.0. The number of carboxylic acid groups (broad SMARTS) is 1. The van der Waals surface area contributed by atoms with Gasteiger partial charge in [-0.25, -0.2) is 0 Å². The number of aliphatic carboxylic acids is 1. The molecule has 2 rings (SSSR count). The lowest BCUT2D eigenvalue weighted by molar-refractivity contribution is -0.145. The summed E-state index contributed by atoms with van der Waals surface area (Å²) in [5, 5.41) is 14.0. The number of hydrogen-bond acceptors (Lipinski definition) is 4. The molecule has 1 aromatic heterocycles. The summed E-state index contributed by atoms with van der Waals surface area (Å²) in [4.78, 5) is 25.7. The van der Waals surface area contributed by atoms with E-state index in [0.717, 1.165) is 0 Å². The molecule has 0 saturated carbocycles. The molecule has 0 atom stereocenters. The van der Waals surface area contributed by atoms with Crippen LogP contribution in [0.4, 0.5) is 0 Å². The predicted molar refractivity (Wildman–Crippen MR) is 73.0 cm³/mol. The van der Waals surface area contributed by atoms with Crippen LogP contribution in [0.25, 0.3) is 0 Å². The maximum absolute atomic E-state index is 11.9. The van der Waals surface area contributed by atoms with E-state index in [1.54, 1.807) is 16.2 Å². The normalized spacial score (nSPS) is 16.5. The Morgan fingerprint density at radius 2 is 2.16 bits per heavy atom. The molecule has 0 radical (unpaired) electrons. The maximum atomic E-state index is 11.9. The molecule has 0 bridgehead atoms. The number of carbonyl (C=O) groups is 2. The van der Waals surface area contributed by atoms with Gasteiger partial charge in [-0.1, -0.05) is 6.07 Å². The molecule has 0 aromatic carbocycles. The van der Waals surface area contributed by atoms with Crippen LogP contribution in [0.5, 0.6) is 0 Å². The van der Waals surface area contributed by atoms with Gasteiger partial charge in [0, 0.05) is 24.5 Å². The van der Waals surface area contributed by atoms with Gasteiger partial charge >= 0.3 is 5.97 Å². The summed E-state index contributed by atoms with van der Waals surface area (Å²) in [5.41, 5.74) is 0. The van der Waals surface area contributed by atoms with Gasteiger partial charge in [-0.05, 0) is 24.3 Å². The highest BCUT2D eigenvalue weighted by atomic mass is 32.1. The van der Waals surface area contributed by atoms with Crippen molar-refractivity contribution in [1.82, 2.24) is 10.2 Å². The molecule has 19 heavy (non-hydrogen) atoms. The Morgan fingerprint density at radius 3 is 2.74 bits per heavy atom. The van der Waals surface area contributed by atoms with E-state index in [9.17, 15) is 9.59 Å². The molecular weight excluding hydrogens is 264 g/mol. The Labute approximate surface area is 116 Å². The summed E-state index contributed by atoms with van der Waals surface area (Å²) in [7, 11) is 0. The smallest absolute Gasteiger partial charge is 0.306 e. The molecule has 1 aliphatic heterocycles. The van der Waals surface area contributed by atoms with Gasteiger partial charge in [-0.15, -0.1) is 11.3 Å². The lowest BCUT2D eigenvalue weighted by Gasteiger charge is -2.30. The fourth-order valence-corrected chi connectivity index (χ4v) is 2.87. The van der Waals surface area contributed by atoms with Gasteiger partial charge < -0.3 is 15.3 Å². The van der Waals surface area contributed by atoms with Crippen LogP contribution >= 0.6 is 11.3 Å². The molecular formula is C13H18N2O3S. The summed E-state index contributed by atoms with van der Waals surface area (Å²) in [5.74, 6) is -0.980. The van der Waals surface area contributed by atoms with Gasteiger partial charge in [0.05, 0.1) is 12.5 Å².